The van der Waals surface area contributed by atoms with Crippen molar-refractivity contribution in [1.29, 1.82) is 0 Å². The molecular formula is C20H19ClN4O3S2. The molecule has 4 rings (SSSR count). The van der Waals surface area contributed by atoms with Gasteiger partial charge in [0.25, 0.3) is 5.91 Å². The van der Waals surface area contributed by atoms with Crippen LogP contribution in [-0.4, -0.2) is 35.4 Å². The summed E-state index contributed by atoms with van der Waals surface area (Å²) in [7, 11) is -3.66. The predicted octanol–water partition coefficient (Wildman–Crippen LogP) is 4.28. The lowest BCUT2D eigenvalue weighted by molar-refractivity contribution is 0.102. The minimum absolute atomic E-state index is 0.180. The highest BCUT2D eigenvalue weighted by Crippen LogP contribution is 2.37. The van der Waals surface area contributed by atoms with Gasteiger partial charge in [0.15, 0.2) is 0 Å². The van der Waals surface area contributed by atoms with E-state index in [4.69, 9.17) is 11.6 Å². The molecule has 1 atom stereocenters. The molecule has 10 heteroatoms. The van der Waals surface area contributed by atoms with E-state index in [0.717, 1.165) is 23.3 Å². The van der Waals surface area contributed by atoms with Crippen molar-refractivity contribution in [3.63, 3.8) is 0 Å². The number of aryl methyl sites for hydroxylation is 1. The molecule has 2 heterocycles. The average Bonchev–Trinajstić information content (AvgIpc) is 3.40. The zero-order chi connectivity index (χ0) is 21.3. The Morgan fingerprint density at radius 2 is 1.83 bits per heavy atom. The number of amides is 1. The Hall–Kier alpha value is -2.33. The van der Waals surface area contributed by atoms with Crippen LogP contribution in [0.5, 0.6) is 0 Å². The summed E-state index contributed by atoms with van der Waals surface area (Å²) in [6, 6.07) is 13.1. The number of hydrogen-bond donors (Lipinski definition) is 1. The van der Waals surface area contributed by atoms with Crippen LogP contribution in [0.1, 0.15) is 39.3 Å². The molecule has 0 bridgehead atoms. The van der Waals surface area contributed by atoms with Gasteiger partial charge in [0.2, 0.25) is 15.0 Å². The molecule has 1 N–H and O–H groups in total. The monoisotopic (exact) mass is 462 g/mol. The van der Waals surface area contributed by atoms with Gasteiger partial charge in [-0.2, -0.15) is 4.31 Å². The smallest absolute Gasteiger partial charge is 0.286 e. The van der Waals surface area contributed by atoms with Gasteiger partial charge in [0.1, 0.15) is 5.01 Å². The number of carbonyl (C=O) groups is 1. The van der Waals surface area contributed by atoms with E-state index in [1.165, 1.54) is 4.31 Å². The zero-order valence-corrected chi connectivity index (χ0v) is 18.5. The Morgan fingerprint density at radius 1 is 1.13 bits per heavy atom. The fourth-order valence-electron chi connectivity index (χ4n) is 3.30. The zero-order valence-electron chi connectivity index (χ0n) is 16.1. The lowest BCUT2D eigenvalue weighted by atomic mass is 10.2. The number of carbonyl (C=O) groups excluding carboxylic acids is 1. The maximum absolute atomic E-state index is 13.1. The van der Waals surface area contributed by atoms with Crippen molar-refractivity contribution in [1.82, 2.24) is 14.5 Å². The van der Waals surface area contributed by atoms with Crippen molar-refractivity contribution in [3.8, 4) is 0 Å². The van der Waals surface area contributed by atoms with Gasteiger partial charge < -0.3 is 5.32 Å². The first-order chi connectivity index (χ1) is 14.3. The number of rotatable bonds is 5. The molecule has 1 fully saturated rings. The molecule has 1 aromatic heterocycles. The fourth-order valence-corrected chi connectivity index (χ4v) is 6.04. The number of anilines is 1. The number of nitrogens with one attached hydrogen (secondary N) is 1. The van der Waals surface area contributed by atoms with E-state index >= 15 is 0 Å². The molecule has 30 heavy (non-hydrogen) atoms. The highest BCUT2D eigenvalue weighted by molar-refractivity contribution is 7.89. The first kappa shape index (κ1) is 20.9. The van der Waals surface area contributed by atoms with Crippen molar-refractivity contribution in [2.75, 3.05) is 11.9 Å². The number of aromatic nitrogens is 2. The Labute approximate surface area is 183 Å². The second-order valence-electron chi connectivity index (χ2n) is 6.99. The number of sulfonamides is 1. The summed E-state index contributed by atoms with van der Waals surface area (Å²) in [6.45, 7) is 2.32. The summed E-state index contributed by atoms with van der Waals surface area (Å²) in [6.07, 6.45) is 1.36. The number of hydrogen-bond acceptors (Lipinski definition) is 6. The predicted molar refractivity (Wildman–Crippen MR) is 116 cm³/mol. The number of nitrogens with zero attached hydrogens (tertiary/aromatic N) is 3. The molecule has 1 aliphatic rings. The highest BCUT2D eigenvalue weighted by atomic mass is 35.5. The second kappa shape index (κ2) is 8.43. The molecule has 1 amide bonds. The number of halogens is 1. The quantitative estimate of drug-likeness (QED) is 0.611. The molecule has 0 spiro atoms. The van der Waals surface area contributed by atoms with Crippen molar-refractivity contribution in [2.24, 2.45) is 0 Å². The number of benzene rings is 2. The van der Waals surface area contributed by atoms with Gasteiger partial charge in [-0.3, -0.25) is 4.79 Å². The van der Waals surface area contributed by atoms with Gasteiger partial charge in [-0.05, 0) is 56.2 Å². The van der Waals surface area contributed by atoms with Crippen LogP contribution in [0, 0.1) is 6.92 Å². The van der Waals surface area contributed by atoms with E-state index in [0.29, 0.717) is 28.7 Å². The lowest BCUT2D eigenvalue weighted by Crippen LogP contribution is -2.30. The summed E-state index contributed by atoms with van der Waals surface area (Å²) in [4.78, 5) is 12.7. The molecule has 0 aliphatic carbocycles. The van der Waals surface area contributed by atoms with Crippen molar-refractivity contribution in [3.05, 3.63) is 69.1 Å². The third-order valence-electron chi connectivity index (χ3n) is 4.85. The van der Waals surface area contributed by atoms with Gasteiger partial charge in [0, 0.05) is 17.3 Å². The van der Waals surface area contributed by atoms with Gasteiger partial charge in [-0.1, -0.05) is 40.6 Å². The first-order valence-corrected chi connectivity index (χ1v) is 12.0. The van der Waals surface area contributed by atoms with E-state index in [1.807, 2.05) is 6.92 Å². The van der Waals surface area contributed by atoms with E-state index < -0.39 is 22.0 Å². The molecule has 2 aromatic carbocycles. The standard InChI is InChI=1S/C20H19ClN4O3S2/c1-13-4-10-16(11-5-13)30(27,28)25-12-2-3-17(25)19-23-24-20(29-19)18(26)22-15-8-6-14(21)7-9-15/h4-11,17H,2-3,12H2,1H3,(H,22,26)/t17-/m0/s1. The fraction of sp³-hybridized carbons (Fsp3) is 0.250. The maximum Gasteiger partial charge on any atom is 0.286 e. The van der Waals surface area contributed by atoms with E-state index in [-0.39, 0.29) is 9.90 Å². The molecule has 0 unspecified atom stereocenters. The SMILES string of the molecule is Cc1ccc(S(=O)(=O)N2CCC[C@H]2c2nnc(C(=O)Nc3ccc(Cl)cc3)s2)cc1. The summed E-state index contributed by atoms with van der Waals surface area (Å²) < 4.78 is 27.7. The van der Waals surface area contributed by atoms with Gasteiger partial charge in [-0.25, -0.2) is 8.42 Å². The third kappa shape index (κ3) is 4.24. The summed E-state index contributed by atoms with van der Waals surface area (Å²) in [5.41, 5.74) is 1.58. The van der Waals surface area contributed by atoms with E-state index in [9.17, 15) is 13.2 Å². The molecule has 0 radical (unpaired) electrons. The van der Waals surface area contributed by atoms with Gasteiger partial charge in [0.05, 0.1) is 10.9 Å². The topological polar surface area (TPSA) is 92.3 Å². The van der Waals surface area contributed by atoms with Crippen LogP contribution >= 0.6 is 22.9 Å². The summed E-state index contributed by atoms with van der Waals surface area (Å²) in [5, 5.41) is 12.1. The lowest BCUT2D eigenvalue weighted by Gasteiger charge is -2.22. The molecule has 1 saturated heterocycles. The average molecular weight is 463 g/mol. The molecular weight excluding hydrogens is 444 g/mol. The van der Waals surface area contributed by atoms with Crippen molar-refractivity contribution >= 4 is 44.6 Å². The summed E-state index contributed by atoms with van der Waals surface area (Å²) in [5.74, 6) is -0.396. The maximum atomic E-state index is 13.1. The Kier molecular flexibility index (Phi) is 5.88. The largest absolute Gasteiger partial charge is 0.320 e. The first-order valence-electron chi connectivity index (χ1n) is 9.33. The minimum atomic E-state index is -3.66. The van der Waals surface area contributed by atoms with Gasteiger partial charge in [-0.15, -0.1) is 10.2 Å². The van der Waals surface area contributed by atoms with Crippen LogP contribution in [0.3, 0.4) is 0 Å². The third-order valence-corrected chi connectivity index (χ3v) is 8.05. The highest BCUT2D eigenvalue weighted by Gasteiger charge is 2.38. The van der Waals surface area contributed by atoms with Crippen molar-refractivity contribution < 1.29 is 13.2 Å². The van der Waals surface area contributed by atoms with E-state index in [1.54, 1.807) is 48.5 Å². The molecule has 156 valence electrons. The van der Waals surface area contributed by atoms with Crippen LogP contribution in [-0.2, 0) is 10.0 Å². The molecule has 0 saturated carbocycles. The molecule has 3 aromatic rings. The van der Waals surface area contributed by atoms with Crippen LogP contribution in [0.15, 0.2) is 53.4 Å². The molecule has 1 aliphatic heterocycles. The van der Waals surface area contributed by atoms with Crippen LogP contribution in [0.4, 0.5) is 5.69 Å². The second-order valence-corrected chi connectivity index (χ2v) is 10.3. The van der Waals surface area contributed by atoms with Crippen LogP contribution in [0.2, 0.25) is 5.02 Å². The Morgan fingerprint density at radius 3 is 2.53 bits per heavy atom. The van der Waals surface area contributed by atoms with Crippen LogP contribution < -0.4 is 5.32 Å². The van der Waals surface area contributed by atoms with Crippen LogP contribution in [0.25, 0.3) is 0 Å². The normalized spacial score (nSPS) is 17.2. The Balaban J connectivity index is 1.54. The minimum Gasteiger partial charge on any atom is -0.320 e. The Bertz CT molecular complexity index is 1160. The van der Waals surface area contributed by atoms with Gasteiger partial charge >= 0.3 is 0 Å². The molecule has 7 nitrogen and oxygen atoms in total. The van der Waals surface area contributed by atoms with Crippen molar-refractivity contribution in [2.45, 2.75) is 30.7 Å². The van der Waals surface area contributed by atoms with E-state index in [2.05, 4.69) is 15.5 Å². The summed E-state index contributed by atoms with van der Waals surface area (Å²) >= 11 is 6.97.